The Morgan fingerprint density at radius 1 is 0.867 bits per heavy atom. The van der Waals surface area contributed by atoms with Crippen molar-refractivity contribution < 1.29 is 0 Å². The highest BCUT2D eigenvalue weighted by atomic mass is 14.3. The van der Waals surface area contributed by atoms with Crippen molar-refractivity contribution in [2.24, 2.45) is 17.8 Å². The van der Waals surface area contributed by atoms with Crippen LogP contribution in [0, 0.1) is 17.8 Å². The number of hydrogen-bond donors (Lipinski definition) is 0. The Balaban J connectivity index is 1.90. The normalized spacial score (nSPS) is 34.7. The average molecular weight is 206 g/mol. The second-order valence-electron chi connectivity index (χ2n) is 5.76. The van der Waals surface area contributed by atoms with Gasteiger partial charge in [-0.25, -0.2) is 0 Å². The van der Waals surface area contributed by atoms with E-state index in [1.807, 2.05) is 0 Å². The van der Waals surface area contributed by atoms with Gasteiger partial charge >= 0.3 is 0 Å². The van der Waals surface area contributed by atoms with Crippen LogP contribution in [0.4, 0.5) is 0 Å². The molecule has 86 valence electrons. The molecular formula is C15H26. The number of hydrogen-bond acceptors (Lipinski definition) is 0. The lowest BCUT2D eigenvalue weighted by molar-refractivity contribution is 0.320. The van der Waals surface area contributed by atoms with E-state index in [0.29, 0.717) is 0 Å². The maximum Gasteiger partial charge on any atom is -0.0205 e. The highest BCUT2D eigenvalue weighted by Gasteiger charge is 2.22. The van der Waals surface area contributed by atoms with E-state index < -0.39 is 0 Å². The third-order valence-corrected chi connectivity index (χ3v) is 4.42. The van der Waals surface area contributed by atoms with E-state index >= 15 is 0 Å². The van der Waals surface area contributed by atoms with Gasteiger partial charge in [0.05, 0.1) is 0 Å². The van der Waals surface area contributed by atoms with Crippen LogP contribution in [0.25, 0.3) is 0 Å². The fourth-order valence-corrected chi connectivity index (χ4v) is 3.31. The van der Waals surface area contributed by atoms with Crippen LogP contribution in [-0.4, -0.2) is 0 Å². The molecule has 0 aromatic rings. The molecule has 0 saturated heterocycles. The summed E-state index contributed by atoms with van der Waals surface area (Å²) in [6, 6.07) is 0. The van der Waals surface area contributed by atoms with Crippen molar-refractivity contribution in [3.63, 3.8) is 0 Å². The van der Waals surface area contributed by atoms with Crippen LogP contribution in [0.3, 0.4) is 0 Å². The zero-order valence-corrected chi connectivity index (χ0v) is 10.3. The molecule has 0 amide bonds. The standard InChI is InChI=1S/C15H26/c1-13-7-6-10-15(12-11-13)14-8-4-2-3-5-9-14/h6,10,13-15H,2-5,7-9,11-12H2,1H3. The van der Waals surface area contributed by atoms with Gasteiger partial charge in [-0.1, -0.05) is 44.8 Å². The summed E-state index contributed by atoms with van der Waals surface area (Å²) in [5.41, 5.74) is 0. The summed E-state index contributed by atoms with van der Waals surface area (Å²) in [7, 11) is 0. The largest absolute Gasteiger partial charge is 0.0880 e. The van der Waals surface area contributed by atoms with Crippen LogP contribution in [0.1, 0.15) is 64.7 Å². The van der Waals surface area contributed by atoms with Crippen LogP contribution in [0.15, 0.2) is 12.2 Å². The van der Waals surface area contributed by atoms with Gasteiger partial charge in [-0.2, -0.15) is 0 Å². The first-order valence-corrected chi connectivity index (χ1v) is 7.03. The fourth-order valence-electron chi connectivity index (χ4n) is 3.31. The van der Waals surface area contributed by atoms with E-state index in [0.717, 1.165) is 17.8 Å². The lowest BCUT2D eigenvalue weighted by Gasteiger charge is -2.22. The molecule has 0 heteroatoms. The Kier molecular flexibility index (Phi) is 4.29. The third kappa shape index (κ3) is 3.36. The molecule has 0 N–H and O–H groups in total. The average Bonchev–Trinajstić information content (AvgIpc) is 2.59. The van der Waals surface area contributed by atoms with E-state index in [1.165, 1.54) is 57.8 Å². The van der Waals surface area contributed by atoms with E-state index in [1.54, 1.807) is 0 Å². The van der Waals surface area contributed by atoms with Gasteiger partial charge in [-0.05, 0) is 49.9 Å². The summed E-state index contributed by atoms with van der Waals surface area (Å²) in [6.45, 7) is 2.40. The smallest absolute Gasteiger partial charge is 0.0205 e. The van der Waals surface area contributed by atoms with Gasteiger partial charge in [-0.15, -0.1) is 0 Å². The SMILES string of the molecule is CC1CC=CC(C2CCCCCC2)CC1. The molecule has 0 aromatic carbocycles. The molecule has 0 radical (unpaired) electrons. The van der Waals surface area contributed by atoms with Crippen molar-refractivity contribution in [2.45, 2.75) is 64.7 Å². The van der Waals surface area contributed by atoms with E-state index in [2.05, 4.69) is 19.1 Å². The lowest BCUT2D eigenvalue weighted by Crippen LogP contribution is -2.12. The summed E-state index contributed by atoms with van der Waals surface area (Å²) in [5.74, 6) is 2.87. The van der Waals surface area contributed by atoms with Crippen LogP contribution < -0.4 is 0 Å². The van der Waals surface area contributed by atoms with Gasteiger partial charge in [-0.3, -0.25) is 0 Å². The Labute approximate surface area is 95.1 Å². The summed E-state index contributed by atoms with van der Waals surface area (Å²) in [4.78, 5) is 0. The molecule has 2 rings (SSSR count). The van der Waals surface area contributed by atoms with Gasteiger partial charge in [0.25, 0.3) is 0 Å². The van der Waals surface area contributed by atoms with Crippen LogP contribution >= 0.6 is 0 Å². The Bertz CT molecular complexity index is 196. The maximum atomic E-state index is 2.56. The van der Waals surface area contributed by atoms with Crippen molar-refractivity contribution in [2.75, 3.05) is 0 Å². The highest BCUT2D eigenvalue weighted by Crippen LogP contribution is 2.35. The summed E-state index contributed by atoms with van der Waals surface area (Å²) in [5, 5.41) is 0. The minimum absolute atomic E-state index is 0.924. The first-order chi connectivity index (χ1) is 7.36. The van der Waals surface area contributed by atoms with Crippen LogP contribution in [0.5, 0.6) is 0 Å². The summed E-state index contributed by atoms with van der Waals surface area (Å²) in [6.07, 6.45) is 18.2. The molecule has 0 aromatic heterocycles. The first-order valence-electron chi connectivity index (χ1n) is 7.03. The molecule has 15 heavy (non-hydrogen) atoms. The molecular weight excluding hydrogens is 180 g/mol. The van der Waals surface area contributed by atoms with Gasteiger partial charge in [0, 0.05) is 0 Å². The van der Waals surface area contributed by atoms with E-state index in [-0.39, 0.29) is 0 Å². The molecule has 1 saturated carbocycles. The van der Waals surface area contributed by atoms with Crippen molar-refractivity contribution >= 4 is 0 Å². The Hall–Kier alpha value is -0.260. The lowest BCUT2D eigenvalue weighted by atomic mass is 9.83. The number of allylic oxidation sites excluding steroid dienone is 2. The fraction of sp³-hybridized carbons (Fsp3) is 0.867. The summed E-state index contributed by atoms with van der Waals surface area (Å²) >= 11 is 0. The molecule has 0 aliphatic heterocycles. The highest BCUT2D eigenvalue weighted by molar-refractivity contribution is 4.95. The van der Waals surface area contributed by atoms with Gasteiger partial charge in [0.1, 0.15) is 0 Å². The molecule has 2 aliphatic carbocycles. The topological polar surface area (TPSA) is 0 Å². The molecule has 0 spiro atoms. The number of rotatable bonds is 1. The second kappa shape index (κ2) is 5.72. The van der Waals surface area contributed by atoms with Gasteiger partial charge in [0.2, 0.25) is 0 Å². The first kappa shape index (κ1) is 11.2. The molecule has 0 nitrogen and oxygen atoms in total. The predicted molar refractivity (Wildman–Crippen MR) is 66.8 cm³/mol. The van der Waals surface area contributed by atoms with E-state index in [4.69, 9.17) is 0 Å². The van der Waals surface area contributed by atoms with Crippen molar-refractivity contribution in [1.82, 2.24) is 0 Å². The second-order valence-corrected chi connectivity index (χ2v) is 5.76. The van der Waals surface area contributed by atoms with Gasteiger partial charge in [0.15, 0.2) is 0 Å². The minimum Gasteiger partial charge on any atom is -0.0880 e. The predicted octanol–water partition coefficient (Wildman–Crippen LogP) is 4.95. The molecule has 2 aliphatic rings. The van der Waals surface area contributed by atoms with Gasteiger partial charge < -0.3 is 0 Å². The minimum atomic E-state index is 0.924. The maximum absolute atomic E-state index is 2.56. The molecule has 0 heterocycles. The zero-order valence-electron chi connectivity index (χ0n) is 10.3. The quantitative estimate of drug-likeness (QED) is 0.420. The molecule has 2 atom stereocenters. The van der Waals surface area contributed by atoms with Crippen molar-refractivity contribution in [1.29, 1.82) is 0 Å². The van der Waals surface area contributed by atoms with Crippen molar-refractivity contribution in [3.05, 3.63) is 12.2 Å². The zero-order chi connectivity index (χ0) is 10.5. The van der Waals surface area contributed by atoms with E-state index in [9.17, 15) is 0 Å². The Morgan fingerprint density at radius 3 is 2.33 bits per heavy atom. The molecule has 2 unspecified atom stereocenters. The third-order valence-electron chi connectivity index (χ3n) is 4.42. The van der Waals surface area contributed by atoms with Crippen LogP contribution in [-0.2, 0) is 0 Å². The van der Waals surface area contributed by atoms with Crippen LogP contribution in [0.2, 0.25) is 0 Å². The molecule has 0 bridgehead atoms. The molecule has 1 fully saturated rings. The Morgan fingerprint density at radius 2 is 1.60 bits per heavy atom. The monoisotopic (exact) mass is 206 g/mol. The summed E-state index contributed by atoms with van der Waals surface area (Å²) < 4.78 is 0. The van der Waals surface area contributed by atoms with Crippen molar-refractivity contribution in [3.8, 4) is 0 Å².